The molecule has 2 aromatic rings. The Hall–Kier alpha value is -2.54. The Morgan fingerprint density at radius 2 is 1.67 bits per heavy atom. The summed E-state index contributed by atoms with van der Waals surface area (Å²) in [5.74, 6) is 0.479. The first-order chi connectivity index (χ1) is 12.7. The number of amides is 1. The molecule has 0 saturated carbocycles. The van der Waals surface area contributed by atoms with Crippen molar-refractivity contribution in [3.63, 3.8) is 0 Å². The molecule has 1 N–H and O–H groups in total. The van der Waals surface area contributed by atoms with Gasteiger partial charge in [0.25, 0.3) is 0 Å². The van der Waals surface area contributed by atoms with Gasteiger partial charge in [-0.2, -0.15) is 0 Å². The highest BCUT2D eigenvalue weighted by atomic mass is 32.2. The van der Waals surface area contributed by atoms with Gasteiger partial charge in [0.1, 0.15) is 5.75 Å². The van der Waals surface area contributed by atoms with Crippen LogP contribution in [0.5, 0.6) is 5.75 Å². The monoisotopic (exact) mass is 390 g/mol. The molecule has 146 valence electrons. The molecule has 1 amide bonds. The van der Waals surface area contributed by atoms with E-state index in [-0.39, 0.29) is 18.9 Å². The van der Waals surface area contributed by atoms with Crippen LogP contribution in [0, 0.1) is 13.8 Å². The van der Waals surface area contributed by atoms with Crippen LogP contribution in [0.2, 0.25) is 0 Å². The fourth-order valence-corrected chi connectivity index (χ4v) is 3.91. The molecule has 0 aromatic heterocycles. The molecule has 0 saturated heterocycles. The number of sulfonamides is 1. The van der Waals surface area contributed by atoms with E-state index >= 15 is 0 Å². The van der Waals surface area contributed by atoms with Crippen LogP contribution in [0.3, 0.4) is 0 Å². The molecule has 0 aliphatic carbocycles. The van der Waals surface area contributed by atoms with Gasteiger partial charge in [0.15, 0.2) is 0 Å². The maximum atomic E-state index is 12.3. The molecule has 0 spiro atoms. The Morgan fingerprint density at radius 1 is 1.07 bits per heavy atom. The number of aryl methyl sites for hydroxylation is 2. The van der Waals surface area contributed by atoms with Crippen LogP contribution in [0.15, 0.2) is 42.5 Å². The largest absolute Gasteiger partial charge is 0.494 e. The number of benzene rings is 2. The van der Waals surface area contributed by atoms with Crippen molar-refractivity contribution >= 4 is 27.3 Å². The topological polar surface area (TPSA) is 75.7 Å². The fourth-order valence-electron chi connectivity index (χ4n) is 2.87. The number of nitrogens with zero attached hydrogens (tertiary/aromatic N) is 1. The average molecular weight is 391 g/mol. The zero-order valence-electron chi connectivity index (χ0n) is 16.2. The highest BCUT2D eigenvalue weighted by molar-refractivity contribution is 7.92. The van der Waals surface area contributed by atoms with E-state index in [2.05, 4.69) is 5.32 Å². The molecule has 0 unspecified atom stereocenters. The van der Waals surface area contributed by atoms with Crippen molar-refractivity contribution in [3.05, 3.63) is 53.6 Å². The molecule has 0 heterocycles. The summed E-state index contributed by atoms with van der Waals surface area (Å²) in [4.78, 5) is 12.3. The van der Waals surface area contributed by atoms with Crippen LogP contribution in [0.25, 0.3) is 0 Å². The first-order valence-electron chi connectivity index (χ1n) is 8.79. The van der Waals surface area contributed by atoms with Gasteiger partial charge in [-0.1, -0.05) is 18.2 Å². The van der Waals surface area contributed by atoms with Crippen molar-refractivity contribution in [1.82, 2.24) is 0 Å². The number of carbonyl (C=O) groups excluding carboxylic acids is 1. The molecule has 2 rings (SSSR count). The maximum absolute atomic E-state index is 12.3. The van der Waals surface area contributed by atoms with Crippen LogP contribution in [-0.4, -0.2) is 33.7 Å². The molecule has 0 radical (unpaired) electrons. The average Bonchev–Trinajstić information content (AvgIpc) is 2.58. The summed E-state index contributed by atoms with van der Waals surface area (Å²) in [6.07, 6.45) is 1.21. The Morgan fingerprint density at radius 3 is 2.19 bits per heavy atom. The number of rotatable bonds is 8. The van der Waals surface area contributed by atoms with Gasteiger partial charge in [0.2, 0.25) is 15.9 Å². The van der Waals surface area contributed by atoms with Crippen LogP contribution < -0.4 is 14.4 Å². The van der Waals surface area contributed by atoms with E-state index in [1.165, 1.54) is 4.31 Å². The number of hydrogen-bond donors (Lipinski definition) is 1. The van der Waals surface area contributed by atoms with Crippen molar-refractivity contribution < 1.29 is 17.9 Å². The van der Waals surface area contributed by atoms with Gasteiger partial charge in [-0.15, -0.1) is 0 Å². The molecule has 0 atom stereocenters. The number of para-hydroxylation sites is 1. The number of hydrogen-bond acceptors (Lipinski definition) is 4. The van der Waals surface area contributed by atoms with Crippen molar-refractivity contribution in [3.8, 4) is 5.75 Å². The van der Waals surface area contributed by atoms with E-state index in [1.54, 1.807) is 24.3 Å². The lowest BCUT2D eigenvalue weighted by atomic mass is 10.1. The Bertz CT molecular complexity index is 872. The minimum absolute atomic E-state index is 0.0497. The van der Waals surface area contributed by atoms with Gasteiger partial charge in [-0.05, 0) is 56.2 Å². The molecule has 2 aromatic carbocycles. The summed E-state index contributed by atoms with van der Waals surface area (Å²) in [7, 11) is -3.51. The lowest BCUT2D eigenvalue weighted by molar-refractivity contribution is -0.116. The molecule has 0 bridgehead atoms. The SMILES string of the molecule is CCOc1ccc(NC(=O)CCN(c2c(C)cccc2C)S(C)(=O)=O)cc1. The number of anilines is 2. The summed E-state index contributed by atoms with van der Waals surface area (Å²) in [6.45, 7) is 6.28. The Kier molecular flexibility index (Phi) is 6.85. The molecule has 0 fully saturated rings. The summed E-state index contributed by atoms with van der Waals surface area (Å²) in [5, 5.41) is 2.78. The summed E-state index contributed by atoms with van der Waals surface area (Å²) in [5.41, 5.74) is 2.98. The summed E-state index contributed by atoms with van der Waals surface area (Å²) in [6, 6.07) is 12.7. The summed E-state index contributed by atoms with van der Waals surface area (Å²) < 4.78 is 31.2. The van der Waals surface area contributed by atoms with Crippen LogP contribution in [-0.2, 0) is 14.8 Å². The van der Waals surface area contributed by atoms with Crippen molar-refractivity contribution in [2.24, 2.45) is 0 Å². The van der Waals surface area contributed by atoms with Crippen molar-refractivity contribution in [2.75, 3.05) is 29.0 Å². The predicted molar refractivity (Wildman–Crippen MR) is 109 cm³/mol. The molecule has 27 heavy (non-hydrogen) atoms. The zero-order valence-corrected chi connectivity index (χ0v) is 17.0. The second kappa shape index (κ2) is 8.90. The highest BCUT2D eigenvalue weighted by Gasteiger charge is 2.21. The fraction of sp³-hybridized carbons (Fsp3) is 0.350. The minimum atomic E-state index is -3.51. The number of nitrogens with one attached hydrogen (secondary N) is 1. The lowest BCUT2D eigenvalue weighted by Crippen LogP contribution is -2.34. The van der Waals surface area contributed by atoms with Crippen molar-refractivity contribution in [1.29, 1.82) is 0 Å². The van der Waals surface area contributed by atoms with Crippen LogP contribution in [0.4, 0.5) is 11.4 Å². The third-order valence-corrected chi connectivity index (χ3v) is 5.25. The number of ether oxygens (including phenoxy) is 1. The van der Waals surface area contributed by atoms with E-state index < -0.39 is 10.0 Å². The molecule has 0 aliphatic heterocycles. The van der Waals surface area contributed by atoms with Gasteiger partial charge in [0, 0.05) is 18.7 Å². The molecule has 6 nitrogen and oxygen atoms in total. The predicted octanol–water partition coefficient (Wildman–Crippen LogP) is 3.50. The molecular weight excluding hydrogens is 364 g/mol. The van der Waals surface area contributed by atoms with Gasteiger partial charge >= 0.3 is 0 Å². The van der Waals surface area contributed by atoms with E-state index in [1.807, 2.05) is 39.0 Å². The van der Waals surface area contributed by atoms with Gasteiger partial charge in [-0.25, -0.2) is 8.42 Å². The lowest BCUT2D eigenvalue weighted by Gasteiger charge is -2.25. The smallest absolute Gasteiger partial charge is 0.232 e. The van der Waals surface area contributed by atoms with Gasteiger partial charge in [0.05, 0.1) is 18.6 Å². The van der Waals surface area contributed by atoms with E-state index in [0.29, 0.717) is 18.0 Å². The standard InChI is InChI=1S/C20H26N2O4S/c1-5-26-18-11-9-17(10-12-18)21-19(23)13-14-22(27(4,24)25)20-15(2)7-6-8-16(20)3/h6-12H,5,13-14H2,1-4H3,(H,21,23). The van der Waals surface area contributed by atoms with Crippen molar-refractivity contribution in [2.45, 2.75) is 27.2 Å². The Labute approximate surface area is 161 Å². The highest BCUT2D eigenvalue weighted by Crippen LogP contribution is 2.27. The molecule has 0 aliphatic rings. The summed E-state index contributed by atoms with van der Waals surface area (Å²) >= 11 is 0. The first-order valence-corrected chi connectivity index (χ1v) is 10.6. The van der Waals surface area contributed by atoms with Crippen LogP contribution in [0.1, 0.15) is 24.5 Å². The second-order valence-corrected chi connectivity index (χ2v) is 8.24. The first kappa shape index (κ1) is 20.8. The second-order valence-electron chi connectivity index (χ2n) is 6.33. The Balaban J connectivity index is 2.08. The van der Waals surface area contributed by atoms with E-state index in [0.717, 1.165) is 23.1 Å². The van der Waals surface area contributed by atoms with Crippen LogP contribution >= 0.6 is 0 Å². The third kappa shape index (κ3) is 5.72. The molecular formula is C20H26N2O4S. The minimum Gasteiger partial charge on any atom is -0.494 e. The zero-order chi connectivity index (χ0) is 20.0. The molecule has 7 heteroatoms. The third-order valence-electron chi connectivity index (χ3n) is 4.08. The quantitative estimate of drug-likeness (QED) is 0.749. The maximum Gasteiger partial charge on any atom is 0.232 e. The normalized spacial score (nSPS) is 11.1. The van der Waals surface area contributed by atoms with E-state index in [9.17, 15) is 13.2 Å². The van der Waals surface area contributed by atoms with Gasteiger partial charge in [-0.3, -0.25) is 9.10 Å². The van der Waals surface area contributed by atoms with Gasteiger partial charge < -0.3 is 10.1 Å². The van der Waals surface area contributed by atoms with E-state index in [4.69, 9.17) is 4.74 Å². The number of carbonyl (C=O) groups is 1.